The van der Waals surface area contributed by atoms with E-state index in [2.05, 4.69) is 4.72 Å². The van der Waals surface area contributed by atoms with E-state index in [9.17, 15) is 16.8 Å². The van der Waals surface area contributed by atoms with Crippen LogP contribution in [0, 0.1) is 11.3 Å². The minimum absolute atomic E-state index is 0.0935. The summed E-state index contributed by atoms with van der Waals surface area (Å²) in [6.07, 6.45) is 1.02. The van der Waals surface area contributed by atoms with Crippen LogP contribution in [-0.2, 0) is 19.9 Å². The Morgan fingerprint density at radius 2 is 1.95 bits per heavy atom. The largest absolute Gasteiger partial charge is 0.399 e. The Bertz CT molecular complexity index is 748. The molecule has 1 unspecified atom stereocenters. The van der Waals surface area contributed by atoms with Gasteiger partial charge in [-0.25, -0.2) is 21.6 Å². The average molecular weight is 317 g/mol. The molecular weight excluding hydrogens is 302 g/mol. The van der Waals surface area contributed by atoms with Crippen LogP contribution >= 0.6 is 0 Å². The van der Waals surface area contributed by atoms with Gasteiger partial charge in [0.05, 0.1) is 16.2 Å². The van der Waals surface area contributed by atoms with Crippen molar-refractivity contribution in [2.24, 2.45) is 0 Å². The fourth-order valence-electron chi connectivity index (χ4n) is 1.69. The van der Waals surface area contributed by atoms with Gasteiger partial charge in [-0.2, -0.15) is 5.26 Å². The quantitative estimate of drug-likeness (QED) is 0.726. The molecule has 0 bridgehead atoms. The summed E-state index contributed by atoms with van der Waals surface area (Å²) in [7, 11) is -7.30. The molecule has 9 heteroatoms. The second-order valence-electron chi connectivity index (χ2n) is 4.48. The van der Waals surface area contributed by atoms with Gasteiger partial charge in [-0.1, -0.05) is 0 Å². The molecule has 3 N–H and O–H groups in total. The summed E-state index contributed by atoms with van der Waals surface area (Å²) in [6, 6.07) is 4.76. The molecule has 0 saturated heterocycles. The standard InChI is InChI=1S/C11H15N3O4S2/c1-8(7-19(2,15)16)14-20(17,18)11-4-3-10(13)5-9(11)6-12/h3-5,8,14H,7,13H2,1-2H3. The molecule has 0 aliphatic rings. The third-order valence-corrected chi connectivity index (χ3v) is 5.08. The number of benzene rings is 1. The van der Waals surface area contributed by atoms with E-state index in [1.807, 2.05) is 0 Å². The molecule has 1 aromatic carbocycles. The van der Waals surface area contributed by atoms with Crippen LogP contribution in [0.2, 0.25) is 0 Å². The van der Waals surface area contributed by atoms with Gasteiger partial charge in [0.2, 0.25) is 10.0 Å². The van der Waals surface area contributed by atoms with Crippen molar-refractivity contribution < 1.29 is 16.8 Å². The van der Waals surface area contributed by atoms with Crippen LogP contribution < -0.4 is 10.5 Å². The lowest BCUT2D eigenvalue weighted by atomic mass is 10.2. The van der Waals surface area contributed by atoms with Crippen LogP contribution in [0.4, 0.5) is 5.69 Å². The molecule has 0 heterocycles. The summed E-state index contributed by atoms with van der Waals surface area (Å²) in [6.45, 7) is 1.43. The minimum Gasteiger partial charge on any atom is -0.399 e. The van der Waals surface area contributed by atoms with Gasteiger partial charge in [-0.15, -0.1) is 0 Å². The van der Waals surface area contributed by atoms with Gasteiger partial charge in [0.1, 0.15) is 15.9 Å². The Labute approximate surface area is 118 Å². The van der Waals surface area contributed by atoms with Crippen molar-refractivity contribution in [3.63, 3.8) is 0 Å². The Hall–Kier alpha value is -1.63. The lowest BCUT2D eigenvalue weighted by molar-refractivity contribution is 0.564. The first kappa shape index (κ1) is 16.4. The van der Waals surface area contributed by atoms with Gasteiger partial charge < -0.3 is 5.73 Å². The number of nitrogens with two attached hydrogens (primary N) is 1. The van der Waals surface area contributed by atoms with Gasteiger partial charge in [-0.3, -0.25) is 0 Å². The van der Waals surface area contributed by atoms with Gasteiger partial charge in [0.25, 0.3) is 0 Å². The summed E-state index contributed by atoms with van der Waals surface area (Å²) in [4.78, 5) is -0.227. The molecule has 0 aliphatic carbocycles. The summed E-state index contributed by atoms with van der Waals surface area (Å²) in [5, 5.41) is 8.93. The zero-order chi connectivity index (χ0) is 15.6. The maximum atomic E-state index is 12.1. The molecular formula is C11H15N3O4S2. The predicted molar refractivity (Wildman–Crippen MR) is 75.1 cm³/mol. The molecule has 0 spiro atoms. The maximum Gasteiger partial charge on any atom is 0.242 e. The van der Waals surface area contributed by atoms with Crippen molar-refractivity contribution in [1.29, 1.82) is 5.26 Å². The zero-order valence-corrected chi connectivity index (χ0v) is 12.6. The number of rotatable bonds is 5. The Morgan fingerprint density at radius 1 is 1.35 bits per heavy atom. The number of sulfone groups is 1. The van der Waals surface area contributed by atoms with Gasteiger partial charge in [0, 0.05) is 18.0 Å². The fraction of sp³-hybridized carbons (Fsp3) is 0.364. The van der Waals surface area contributed by atoms with Gasteiger partial charge in [0.15, 0.2) is 0 Å². The first-order valence-corrected chi connectivity index (χ1v) is 9.09. The monoisotopic (exact) mass is 317 g/mol. The SMILES string of the molecule is CC(CS(C)(=O)=O)NS(=O)(=O)c1ccc(N)cc1C#N. The molecule has 110 valence electrons. The molecule has 0 saturated carbocycles. The molecule has 0 aromatic heterocycles. The highest BCUT2D eigenvalue weighted by Crippen LogP contribution is 2.18. The molecule has 20 heavy (non-hydrogen) atoms. The summed E-state index contributed by atoms with van der Waals surface area (Å²) >= 11 is 0. The van der Waals surface area contributed by atoms with Crippen molar-refractivity contribution in [3.05, 3.63) is 23.8 Å². The van der Waals surface area contributed by atoms with E-state index in [4.69, 9.17) is 11.0 Å². The van der Waals surface area contributed by atoms with Crippen LogP contribution in [0.5, 0.6) is 0 Å². The van der Waals surface area contributed by atoms with E-state index in [1.165, 1.54) is 25.1 Å². The number of anilines is 1. The number of nitrogens with zero attached hydrogens (tertiary/aromatic N) is 1. The van der Waals surface area contributed by atoms with Gasteiger partial charge >= 0.3 is 0 Å². The first-order valence-electron chi connectivity index (χ1n) is 5.55. The maximum absolute atomic E-state index is 12.1. The van der Waals surface area contributed by atoms with Crippen LogP contribution in [-0.4, -0.2) is 34.9 Å². The van der Waals surface area contributed by atoms with Crippen LogP contribution in [0.3, 0.4) is 0 Å². The topological polar surface area (TPSA) is 130 Å². The Balaban J connectivity index is 3.10. The smallest absolute Gasteiger partial charge is 0.242 e. The van der Waals surface area contributed by atoms with E-state index in [0.717, 1.165) is 6.26 Å². The van der Waals surface area contributed by atoms with Crippen molar-refractivity contribution in [1.82, 2.24) is 4.72 Å². The minimum atomic E-state index is -3.98. The number of nitrogen functional groups attached to an aromatic ring is 1. The normalized spacial score (nSPS) is 13.7. The molecule has 0 aliphatic heterocycles. The highest BCUT2D eigenvalue weighted by atomic mass is 32.2. The third kappa shape index (κ3) is 4.48. The lowest BCUT2D eigenvalue weighted by Crippen LogP contribution is -2.37. The van der Waals surface area contributed by atoms with Crippen LogP contribution in [0.25, 0.3) is 0 Å². The van der Waals surface area contributed by atoms with Crippen molar-refractivity contribution in [2.75, 3.05) is 17.7 Å². The highest BCUT2D eigenvalue weighted by Gasteiger charge is 2.22. The van der Waals surface area contributed by atoms with Crippen molar-refractivity contribution >= 4 is 25.5 Å². The number of hydrogen-bond acceptors (Lipinski definition) is 6. The molecule has 7 nitrogen and oxygen atoms in total. The molecule has 1 rings (SSSR count). The van der Waals surface area contributed by atoms with E-state index >= 15 is 0 Å². The van der Waals surface area contributed by atoms with Crippen molar-refractivity contribution in [2.45, 2.75) is 17.9 Å². The highest BCUT2D eigenvalue weighted by molar-refractivity contribution is 7.91. The number of nitrogens with one attached hydrogen (secondary N) is 1. The van der Waals surface area contributed by atoms with E-state index < -0.39 is 25.9 Å². The molecule has 1 atom stereocenters. The van der Waals surface area contributed by atoms with Gasteiger partial charge in [-0.05, 0) is 25.1 Å². The van der Waals surface area contributed by atoms with Crippen LogP contribution in [0.1, 0.15) is 12.5 Å². The lowest BCUT2D eigenvalue weighted by Gasteiger charge is -2.14. The van der Waals surface area contributed by atoms with Crippen LogP contribution in [0.15, 0.2) is 23.1 Å². The first-order chi connectivity index (χ1) is 9.05. The van der Waals surface area contributed by atoms with E-state index in [1.54, 1.807) is 6.07 Å². The van der Waals surface area contributed by atoms with E-state index in [0.29, 0.717) is 0 Å². The number of nitriles is 1. The summed E-state index contributed by atoms with van der Waals surface area (Å²) in [5.74, 6) is -0.330. The summed E-state index contributed by atoms with van der Waals surface area (Å²) in [5.41, 5.74) is 5.66. The second-order valence-corrected chi connectivity index (χ2v) is 8.35. The Morgan fingerprint density at radius 3 is 2.45 bits per heavy atom. The molecule has 0 fully saturated rings. The summed E-state index contributed by atoms with van der Waals surface area (Å²) < 4.78 is 48.7. The molecule has 1 aromatic rings. The van der Waals surface area contributed by atoms with Crippen molar-refractivity contribution in [3.8, 4) is 6.07 Å². The van der Waals surface area contributed by atoms with E-state index in [-0.39, 0.29) is 21.9 Å². The second kappa shape index (κ2) is 5.78. The Kier molecular flexibility index (Phi) is 4.75. The zero-order valence-electron chi connectivity index (χ0n) is 11.0. The molecule has 0 amide bonds. The third-order valence-electron chi connectivity index (χ3n) is 2.32. The molecule has 0 radical (unpaired) electrons. The number of hydrogen-bond donors (Lipinski definition) is 2. The predicted octanol–water partition coefficient (Wildman–Crippen LogP) is -0.148. The average Bonchev–Trinajstić information content (AvgIpc) is 2.24. The fourth-order valence-corrected chi connectivity index (χ4v) is 4.16. The number of sulfonamides is 1.